The fourth-order valence-electron chi connectivity index (χ4n) is 2.96. The molecule has 0 atom stereocenters. The largest absolute Gasteiger partial charge is 0.493 e. The zero-order chi connectivity index (χ0) is 22.4. The van der Waals surface area contributed by atoms with E-state index in [1.165, 1.54) is 17.4 Å². The van der Waals surface area contributed by atoms with Crippen LogP contribution < -0.4 is 14.8 Å². The molecule has 6 nitrogen and oxygen atoms in total. The van der Waals surface area contributed by atoms with Crippen LogP contribution in [0.4, 0.5) is 13.9 Å². The Kier molecular flexibility index (Phi) is 7.54. The van der Waals surface area contributed by atoms with E-state index in [-0.39, 0.29) is 12.5 Å². The summed E-state index contributed by atoms with van der Waals surface area (Å²) in [6.45, 7) is 0.855. The third-order valence-electron chi connectivity index (χ3n) is 4.61. The molecule has 1 heterocycles. The van der Waals surface area contributed by atoms with Gasteiger partial charge in [-0.2, -0.15) is 0 Å². The van der Waals surface area contributed by atoms with Gasteiger partial charge in [-0.1, -0.05) is 6.07 Å². The average molecular weight is 448 g/mol. The summed E-state index contributed by atoms with van der Waals surface area (Å²) in [5.41, 5.74) is 1.99. The summed E-state index contributed by atoms with van der Waals surface area (Å²) < 4.78 is 37.1. The molecule has 0 unspecified atom stereocenters. The van der Waals surface area contributed by atoms with E-state index in [0.717, 1.165) is 24.1 Å². The Balaban J connectivity index is 1.51. The Morgan fingerprint density at radius 2 is 1.87 bits per heavy atom. The molecule has 164 valence electrons. The van der Waals surface area contributed by atoms with Crippen LogP contribution in [0.5, 0.6) is 11.5 Å². The number of hydrogen-bond donors (Lipinski definition) is 1. The lowest BCUT2D eigenvalue weighted by Gasteiger charge is -2.16. The van der Waals surface area contributed by atoms with Gasteiger partial charge < -0.3 is 14.8 Å². The first-order valence-corrected chi connectivity index (χ1v) is 10.4. The standard InChI is InChI=1S/C22H23F2N3O3S/c1-27(9-8-14-4-7-19(29-2)20(10-14)30-3)12-21(28)26-22-25-18(13-31-22)15-5-6-16(23)17(24)11-15/h4-7,10-11,13H,8-9,12H2,1-3H3,(H,25,26,28). The first-order chi connectivity index (χ1) is 14.9. The molecule has 1 N–H and O–H groups in total. The van der Waals surface area contributed by atoms with Gasteiger partial charge in [-0.3, -0.25) is 9.69 Å². The van der Waals surface area contributed by atoms with Crippen LogP contribution in [0.3, 0.4) is 0 Å². The number of hydrogen-bond acceptors (Lipinski definition) is 6. The van der Waals surface area contributed by atoms with Gasteiger partial charge in [0.2, 0.25) is 5.91 Å². The van der Waals surface area contributed by atoms with Crippen molar-refractivity contribution < 1.29 is 23.0 Å². The second kappa shape index (κ2) is 10.3. The molecule has 0 aliphatic rings. The van der Waals surface area contributed by atoms with Gasteiger partial charge in [0.25, 0.3) is 0 Å². The molecule has 3 rings (SSSR count). The minimum atomic E-state index is -0.938. The minimum Gasteiger partial charge on any atom is -0.493 e. The fourth-order valence-corrected chi connectivity index (χ4v) is 3.69. The summed E-state index contributed by atoms with van der Waals surface area (Å²) in [7, 11) is 5.04. The lowest BCUT2D eigenvalue weighted by Crippen LogP contribution is -2.31. The molecule has 0 radical (unpaired) electrons. The van der Waals surface area contributed by atoms with Crippen molar-refractivity contribution in [3.8, 4) is 22.8 Å². The van der Waals surface area contributed by atoms with Gasteiger partial charge in [0, 0.05) is 17.5 Å². The lowest BCUT2D eigenvalue weighted by atomic mass is 10.1. The molecule has 0 aliphatic carbocycles. The van der Waals surface area contributed by atoms with Crippen LogP contribution in [0.15, 0.2) is 41.8 Å². The van der Waals surface area contributed by atoms with Crippen LogP contribution in [-0.4, -0.2) is 50.1 Å². The van der Waals surface area contributed by atoms with Crippen LogP contribution in [0, 0.1) is 11.6 Å². The van der Waals surface area contributed by atoms with Crippen molar-refractivity contribution in [2.24, 2.45) is 0 Å². The van der Waals surface area contributed by atoms with E-state index in [9.17, 15) is 13.6 Å². The summed E-state index contributed by atoms with van der Waals surface area (Å²) in [4.78, 5) is 18.5. The third kappa shape index (κ3) is 5.99. The number of nitrogens with one attached hydrogen (secondary N) is 1. The van der Waals surface area contributed by atoms with Crippen molar-refractivity contribution in [1.29, 1.82) is 0 Å². The minimum absolute atomic E-state index is 0.188. The van der Waals surface area contributed by atoms with E-state index in [0.29, 0.717) is 34.4 Å². The predicted molar refractivity (Wildman–Crippen MR) is 117 cm³/mol. The molecule has 0 spiro atoms. The van der Waals surface area contributed by atoms with Crippen LogP contribution >= 0.6 is 11.3 Å². The van der Waals surface area contributed by atoms with E-state index in [1.54, 1.807) is 19.6 Å². The monoisotopic (exact) mass is 447 g/mol. The van der Waals surface area contributed by atoms with E-state index in [4.69, 9.17) is 9.47 Å². The van der Waals surface area contributed by atoms with Gasteiger partial charge in [0.15, 0.2) is 28.3 Å². The molecule has 3 aromatic rings. The highest BCUT2D eigenvalue weighted by molar-refractivity contribution is 7.14. The lowest BCUT2D eigenvalue weighted by molar-refractivity contribution is -0.117. The number of methoxy groups -OCH3 is 2. The first kappa shape index (κ1) is 22.6. The highest BCUT2D eigenvalue weighted by atomic mass is 32.1. The number of nitrogens with zero attached hydrogens (tertiary/aromatic N) is 2. The highest BCUT2D eigenvalue weighted by Crippen LogP contribution is 2.28. The number of likely N-dealkylation sites (N-methyl/N-ethyl adjacent to an activating group) is 1. The molecule has 31 heavy (non-hydrogen) atoms. The molecule has 0 fully saturated rings. The topological polar surface area (TPSA) is 63.7 Å². The third-order valence-corrected chi connectivity index (χ3v) is 5.37. The number of benzene rings is 2. The molecular weight excluding hydrogens is 424 g/mol. The number of ether oxygens (including phenoxy) is 2. The van der Waals surface area contributed by atoms with Gasteiger partial charge >= 0.3 is 0 Å². The van der Waals surface area contributed by atoms with E-state index in [1.807, 2.05) is 30.1 Å². The van der Waals surface area contributed by atoms with E-state index >= 15 is 0 Å². The second-order valence-corrected chi connectivity index (χ2v) is 7.75. The second-order valence-electron chi connectivity index (χ2n) is 6.89. The molecule has 0 bridgehead atoms. The normalized spacial score (nSPS) is 10.9. The first-order valence-electron chi connectivity index (χ1n) is 9.50. The predicted octanol–water partition coefficient (Wildman–Crippen LogP) is 4.22. The summed E-state index contributed by atoms with van der Waals surface area (Å²) in [6.07, 6.45) is 0.738. The number of amides is 1. The molecule has 2 aromatic carbocycles. The van der Waals surface area contributed by atoms with Crippen molar-refractivity contribution in [3.05, 3.63) is 59.0 Å². The maximum Gasteiger partial charge on any atom is 0.240 e. The number of halogens is 2. The Morgan fingerprint density at radius 3 is 2.58 bits per heavy atom. The van der Waals surface area contributed by atoms with Gasteiger partial charge in [-0.05, 0) is 49.4 Å². The molecule has 9 heteroatoms. The molecule has 0 aliphatic heterocycles. The number of anilines is 1. The Hall–Kier alpha value is -3.04. The zero-order valence-electron chi connectivity index (χ0n) is 17.4. The molecular formula is C22H23F2N3O3S. The molecule has 0 saturated carbocycles. The Labute approximate surface area is 183 Å². The van der Waals surface area contributed by atoms with Crippen LogP contribution in [0.1, 0.15) is 5.56 Å². The Bertz CT molecular complexity index is 1060. The van der Waals surface area contributed by atoms with Gasteiger partial charge in [-0.25, -0.2) is 13.8 Å². The SMILES string of the molecule is COc1ccc(CCN(C)CC(=O)Nc2nc(-c3ccc(F)c(F)c3)cs2)cc1OC. The summed E-state index contributed by atoms with van der Waals surface area (Å²) in [6, 6.07) is 9.31. The van der Waals surface area contributed by atoms with Crippen molar-refractivity contribution >= 4 is 22.4 Å². The Morgan fingerprint density at radius 1 is 1.10 bits per heavy atom. The number of rotatable bonds is 9. The van der Waals surface area contributed by atoms with Gasteiger partial charge in [0.1, 0.15) is 0 Å². The molecule has 1 aromatic heterocycles. The van der Waals surface area contributed by atoms with Crippen LogP contribution in [0.2, 0.25) is 0 Å². The summed E-state index contributed by atoms with van der Waals surface area (Å²) in [5, 5.41) is 4.83. The quantitative estimate of drug-likeness (QED) is 0.532. The summed E-state index contributed by atoms with van der Waals surface area (Å²) >= 11 is 1.22. The van der Waals surface area contributed by atoms with E-state index in [2.05, 4.69) is 10.3 Å². The number of carbonyl (C=O) groups excluding carboxylic acids is 1. The average Bonchev–Trinajstić information content (AvgIpc) is 3.22. The van der Waals surface area contributed by atoms with Gasteiger partial charge in [-0.15, -0.1) is 11.3 Å². The van der Waals surface area contributed by atoms with Crippen molar-refractivity contribution in [2.75, 3.05) is 39.7 Å². The summed E-state index contributed by atoms with van der Waals surface area (Å²) in [5.74, 6) is -0.719. The number of aromatic nitrogens is 1. The molecule has 1 amide bonds. The maximum absolute atomic E-state index is 13.4. The smallest absolute Gasteiger partial charge is 0.240 e. The van der Waals surface area contributed by atoms with Crippen molar-refractivity contribution in [2.45, 2.75) is 6.42 Å². The van der Waals surface area contributed by atoms with Crippen molar-refractivity contribution in [1.82, 2.24) is 9.88 Å². The highest BCUT2D eigenvalue weighted by Gasteiger charge is 2.12. The number of thiazole rings is 1. The molecule has 0 saturated heterocycles. The van der Waals surface area contributed by atoms with Crippen molar-refractivity contribution in [3.63, 3.8) is 0 Å². The van der Waals surface area contributed by atoms with Crippen LogP contribution in [-0.2, 0) is 11.2 Å². The number of carbonyl (C=O) groups is 1. The maximum atomic E-state index is 13.4. The fraction of sp³-hybridized carbons (Fsp3) is 0.273. The zero-order valence-corrected chi connectivity index (χ0v) is 18.3. The van der Waals surface area contributed by atoms with Gasteiger partial charge in [0.05, 0.1) is 26.5 Å². The van der Waals surface area contributed by atoms with Crippen LogP contribution in [0.25, 0.3) is 11.3 Å². The van der Waals surface area contributed by atoms with E-state index < -0.39 is 11.6 Å².